The van der Waals surface area contributed by atoms with Gasteiger partial charge in [-0.15, -0.1) is 0 Å². The fourth-order valence-corrected chi connectivity index (χ4v) is 7.37. The second-order valence-electron chi connectivity index (χ2n) is 9.80. The number of rotatable bonds is 11. The molecule has 0 unspecified atom stereocenters. The van der Waals surface area contributed by atoms with Gasteiger partial charge < -0.3 is 10.1 Å². The first kappa shape index (κ1) is 29.6. The smallest absolute Gasteiger partial charge is 0.264 e. The molecule has 0 spiro atoms. The maximum absolute atomic E-state index is 13.5. The number of carbonyl (C=O) groups excluding carboxylic acids is 1. The van der Waals surface area contributed by atoms with Crippen LogP contribution in [-0.2, 0) is 24.8 Å². The third-order valence-corrected chi connectivity index (χ3v) is 10.4. The molecule has 1 N–H and O–H groups in total. The Morgan fingerprint density at radius 3 is 2.15 bits per heavy atom. The van der Waals surface area contributed by atoms with Crippen LogP contribution >= 0.6 is 0 Å². The molecule has 3 aromatic carbocycles. The number of piperidine rings is 1. The minimum absolute atomic E-state index is 0.0986. The highest BCUT2D eigenvalue weighted by Crippen LogP contribution is 2.25. The molecule has 0 aliphatic carbocycles. The van der Waals surface area contributed by atoms with E-state index in [1.54, 1.807) is 42.5 Å². The van der Waals surface area contributed by atoms with Crippen molar-refractivity contribution in [2.75, 3.05) is 37.1 Å². The Hall–Kier alpha value is -3.41. The van der Waals surface area contributed by atoms with Gasteiger partial charge in [0, 0.05) is 13.1 Å². The summed E-state index contributed by atoms with van der Waals surface area (Å²) in [6.07, 6.45) is 2.78. The molecule has 214 valence electrons. The summed E-state index contributed by atoms with van der Waals surface area (Å²) in [7, 11) is -7.51. The van der Waals surface area contributed by atoms with E-state index >= 15 is 0 Å². The Labute approximate surface area is 236 Å². The maximum atomic E-state index is 13.5. The second-order valence-corrected chi connectivity index (χ2v) is 13.6. The molecule has 0 radical (unpaired) electrons. The van der Waals surface area contributed by atoms with Gasteiger partial charge in [-0.25, -0.2) is 16.8 Å². The fourth-order valence-electron chi connectivity index (χ4n) is 4.44. The van der Waals surface area contributed by atoms with Crippen LogP contribution in [0.25, 0.3) is 0 Å². The molecule has 0 atom stereocenters. The van der Waals surface area contributed by atoms with Gasteiger partial charge in [0.05, 0.1) is 22.0 Å². The quantitative estimate of drug-likeness (QED) is 0.342. The zero-order valence-corrected chi connectivity index (χ0v) is 24.4. The third kappa shape index (κ3) is 7.21. The van der Waals surface area contributed by atoms with Gasteiger partial charge in [-0.1, -0.05) is 36.2 Å². The molecule has 3 aromatic rings. The largest absolute Gasteiger partial charge is 0.492 e. The molecule has 1 amide bonds. The first-order valence-corrected chi connectivity index (χ1v) is 16.1. The number of ether oxygens (including phenoxy) is 1. The summed E-state index contributed by atoms with van der Waals surface area (Å²) in [6.45, 7) is 4.66. The van der Waals surface area contributed by atoms with Crippen molar-refractivity contribution < 1.29 is 26.4 Å². The average molecular weight is 586 g/mol. The molecule has 1 aliphatic heterocycles. The van der Waals surface area contributed by atoms with E-state index in [0.717, 1.165) is 34.7 Å². The lowest BCUT2D eigenvalue weighted by Crippen LogP contribution is -2.42. The van der Waals surface area contributed by atoms with Gasteiger partial charge in [0.15, 0.2) is 0 Å². The molecule has 11 heteroatoms. The summed E-state index contributed by atoms with van der Waals surface area (Å²) in [5.74, 6) is -0.0149. The number of benzene rings is 3. The highest BCUT2D eigenvalue weighted by atomic mass is 32.2. The number of amides is 1. The molecule has 40 heavy (non-hydrogen) atoms. The van der Waals surface area contributed by atoms with E-state index in [9.17, 15) is 21.6 Å². The molecule has 1 heterocycles. The lowest BCUT2D eigenvalue weighted by Gasteiger charge is -2.25. The van der Waals surface area contributed by atoms with Crippen LogP contribution < -0.4 is 14.4 Å². The maximum Gasteiger partial charge on any atom is 0.264 e. The molecule has 0 bridgehead atoms. The molecular formula is C29H35N3O6S2. The third-order valence-electron chi connectivity index (χ3n) is 6.66. The molecule has 1 fully saturated rings. The van der Waals surface area contributed by atoms with Crippen molar-refractivity contribution in [3.05, 3.63) is 83.9 Å². The number of hydrogen-bond acceptors (Lipinski definition) is 6. The lowest BCUT2D eigenvalue weighted by molar-refractivity contribution is -0.119. The minimum atomic E-state index is -3.99. The van der Waals surface area contributed by atoms with E-state index in [-0.39, 0.29) is 22.9 Å². The van der Waals surface area contributed by atoms with Crippen LogP contribution in [0.1, 0.15) is 30.4 Å². The summed E-state index contributed by atoms with van der Waals surface area (Å²) < 4.78 is 60.9. The van der Waals surface area contributed by atoms with E-state index in [4.69, 9.17) is 4.74 Å². The van der Waals surface area contributed by atoms with Gasteiger partial charge in [-0.3, -0.25) is 9.10 Å². The first-order chi connectivity index (χ1) is 19.1. The van der Waals surface area contributed by atoms with Crippen molar-refractivity contribution in [1.29, 1.82) is 0 Å². The van der Waals surface area contributed by atoms with Crippen molar-refractivity contribution in [3.63, 3.8) is 0 Å². The average Bonchev–Trinajstić information content (AvgIpc) is 2.95. The number of nitrogens with zero attached hydrogens (tertiary/aromatic N) is 2. The Bertz CT molecular complexity index is 1520. The van der Waals surface area contributed by atoms with Crippen LogP contribution in [0, 0.1) is 13.8 Å². The standard InChI is InChI=1S/C29H35N3O6S2/c1-23-9-13-28(14-10-23)40(36,37)32(25-8-6-7-24(2)21-25)22-29(33)30-17-20-38-26-11-15-27(16-12-26)39(34,35)31-18-4-3-5-19-31/h6-16,21H,3-5,17-20,22H2,1-2H3,(H,30,33). The van der Waals surface area contributed by atoms with Gasteiger partial charge in [0.1, 0.15) is 18.9 Å². The van der Waals surface area contributed by atoms with Crippen LogP contribution in [0.4, 0.5) is 5.69 Å². The lowest BCUT2D eigenvalue weighted by atomic mass is 10.2. The summed E-state index contributed by atoms with van der Waals surface area (Å²) in [4.78, 5) is 13.1. The van der Waals surface area contributed by atoms with Crippen molar-refractivity contribution in [3.8, 4) is 5.75 Å². The first-order valence-electron chi connectivity index (χ1n) is 13.2. The van der Waals surface area contributed by atoms with Gasteiger partial charge >= 0.3 is 0 Å². The zero-order valence-electron chi connectivity index (χ0n) is 22.7. The molecule has 9 nitrogen and oxygen atoms in total. The monoisotopic (exact) mass is 585 g/mol. The number of carbonyl (C=O) groups is 1. The van der Waals surface area contributed by atoms with E-state index in [1.807, 2.05) is 19.9 Å². The topological polar surface area (TPSA) is 113 Å². The van der Waals surface area contributed by atoms with Crippen LogP contribution in [0.15, 0.2) is 82.6 Å². The number of sulfonamides is 2. The van der Waals surface area contributed by atoms with Crippen LogP contribution in [0.2, 0.25) is 0 Å². The fraction of sp³-hybridized carbons (Fsp3) is 0.345. The van der Waals surface area contributed by atoms with Crippen molar-refractivity contribution >= 4 is 31.6 Å². The van der Waals surface area contributed by atoms with Gasteiger partial charge in [-0.05, 0) is 80.8 Å². The van der Waals surface area contributed by atoms with Crippen LogP contribution in [0.5, 0.6) is 5.75 Å². The van der Waals surface area contributed by atoms with Gasteiger partial charge in [0.2, 0.25) is 15.9 Å². The van der Waals surface area contributed by atoms with Gasteiger partial charge in [-0.2, -0.15) is 4.31 Å². The summed E-state index contributed by atoms with van der Waals surface area (Å²) in [5, 5.41) is 2.71. The molecule has 4 rings (SSSR count). The van der Waals surface area contributed by atoms with Crippen LogP contribution in [-0.4, -0.2) is 59.8 Å². The minimum Gasteiger partial charge on any atom is -0.492 e. The Kier molecular flexibility index (Phi) is 9.49. The summed E-state index contributed by atoms with van der Waals surface area (Å²) in [6, 6.07) is 19.7. The number of anilines is 1. The molecule has 1 aliphatic rings. The van der Waals surface area contributed by atoms with E-state index < -0.39 is 32.5 Å². The van der Waals surface area contributed by atoms with E-state index in [0.29, 0.717) is 24.5 Å². The van der Waals surface area contributed by atoms with Crippen LogP contribution in [0.3, 0.4) is 0 Å². The van der Waals surface area contributed by atoms with Crippen molar-refractivity contribution in [2.45, 2.75) is 42.9 Å². The highest BCUT2D eigenvalue weighted by molar-refractivity contribution is 7.92. The normalized spacial score (nSPS) is 14.4. The Balaban J connectivity index is 1.35. The highest BCUT2D eigenvalue weighted by Gasteiger charge is 2.28. The zero-order chi connectivity index (χ0) is 28.8. The van der Waals surface area contributed by atoms with E-state index in [2.05, 4.69) is 5.32 Å². The Morgan fingerprint density at radius 1 is 0.850 bits per heavy atom. The predicted octanol–water partition coefficient (Wildman–Crippen LogP) is 3.87. The molecule has 0 saturated carbocycles. The summed E-state index contributed by atoms with van der Waals surface area (Å²) >= 11 is 0. The van der Waals surface area contributed by atoms with Crippen molar-refractivity contribution in [2.24, 2.45) is 0 Å². The SMILES string of the molecule is Cc1ccc(S(=O)(=O)N(CC(=O)NCCOc2ccc(S(=O)(=O)N3CCCCC3)cc2)c2cccc(C)c2)cc1. The molecular weight excluding hydrogens is 550 g/mol. The number of nitrogens with one attached hydrogen (secondary N) is 1. The predicted molar refractivity (Wildman–Crippen MR) is 154 cm³/mol. The number of hydrogen-bond donors (Lipinski definition) is 1. The van der Waals surface area contributed by atoms with Crippen molar-refractivity contribution in [1.82, 2.24) is 9.62 Å². The number of aryl methyl sites for hydroxylation is 2. The van der Waals surface area contributed by atoms with E-state index in [1.165, 1.54) is 28.6 Å². The molecule has 1 saturated heterocycles. The Morgan fingerprint density at radius 2 is 1.50 bits per heavy atom. The second kappa shape index (κ2) is 12.8. The molecule has 0 aromatic heterocycles. The van der Waals surface area contributed by atoms with Gasteiger partial charge in [0.25, 0.3) is 10.0 Å². The summed E-state index contributed by atoms with van der Waals surface area (Å²) in [5.41, 5.74) is 2.19.